The Bertz CT molecular complexity index is 1800. The number of hydrogen-bond donors (Lipinski definition) is 2. The van der Waals surface area contributed by atoms with Crippen LogP contribution in [0.3, 0.4) is 0 Å². The lowest BCUT2D eigenvalue weighted by Gasteiger charge is -2.36. The number of alkyl halides is 3. The van der Waals surface area contributed by atoms with Gasteiger partial charge in [-0.3, -0.25) is 14.6 Å². The van der Waals surface area contributed by atoms with Crippen molar-refractivity contribution < 1.29 is 36.2 Å². The molecule has 0 spiro atoms. The molecule has 5 rings (SSSR count). The van der Waals surface area contributed by atoms with Crippen LogP contribution in [0.5, 0.6) is 5.75 Å². The number of nitrogens with one attached hydrogen (secondary N) is 1. The summed E-state index contributed by atoms with van der Waals surface area (Å²) in [5, 5.41) is 10.8. The van der Waals surface area contributed by atoms with E-state index < -0.39 is 27.7 Å². The number of hydrogen-bond acceptors (Lipinski definition) is 7. The Morgan fingerprint density at radius 2 is 1.67 bits per heavy atom. The SMILES string of the molecule is Cc1cc(COc2ccc(S(=O)(=O)N/C=C(/C(=O)O)N3CCN(Cc4ccc(C(F)(F)F)cc4)CC3)cc2)c2ccccc2n1. The Balaban J connectivity index is 1.17. The van der Waals surface area contributed by atoms with E-state index in [9.17, 15) is 31.5 Å². The number of aliphatic carboxylic acids is 1. The Morgan fingerprint density at radius 1 is 1.00 bits per heavy atom. The Kier molecular flexibility index (Phi) is 9.30. The van der Waals surface area contributed by atoms with Crippen molar-refractivity contribution in [3.8, 4) is 5.75 Å². The second-order valence-electron chi connectivity index (χ2n) is 10.6. The minimum absolute atomic E-state index is 0.0672. The average Bonchev–Trinajstić information content (AvgIpc) is 3.00. The van der Waals surface area contributed by atoms with Crippen molar-refractivity contribution in [2.24, 2.45) is 0 Å². The Hall–Kier alpha value is -4.62. The van der Waals surface area contributed by atoms with E-state index >= 15 is 0 Å². The van der Waals surface area contributed by atoms with Crippen LogP contribution < -0.4 is 9.46 Å². The van der Waals surface area contributed by atoms with Crippen LogP contribution in [0.2, 0.25) is 0 Å². The molecule has 1 aromatic heterocycles. The van der Waals surface area contributed by atoms with E-state index in [0.29, 0.717) is 44.0 Å². The lowest BCUT2D eigenvalue weighted by Crippen LogP contribution is -2.46. The van der Waals surface area contributed by atoms with Crippen molar-refractivity contribution in [2.75, 3.05) is 26.2 Å². The van der Waals surface area contributed by atoms with E-state index in [-0.39, 0.29) is 17.2 Å². The van der Waals surface area contributed by atoms with Gasteiger partial charge in [-0.1, -0.05) is 30.3 Å². The zero-order valence-corrected chi connectivity index (χ0v) is 25.1. The second kappa shape index (κ2) is 13.2. The van der Waals surface area contributed by atoms with Gasteiger partial charge in [0, 0.05) is 55.6 Å². The molecule has 0 radical (unpaired) electrons. The lowest BCUT2D eigenvalue weighted by atomic mass is 10.1. The molecule has 2 N–H and O–H groups in total. The summed E-state index contributed by atoms with van der Waals surface area (Å²) in [7, 11) is -4.08. The topological polar surface area (TPSA) is 112 Å². The van der Waals surface area contributed by atoms with E-state index in [4.69, 9.17) is 4.74 Å². The Labute approximate surface area is 258 Å². The third kappa shape index (κ3) is 7.91. The second-order valence-corrected chi connectivity index (χ2v) is 12.3. The van der Waals surface area contributed by atoms with Gasteiger partial charge in [-0.2, -0.15) is 13.2 Å². The number of nitrogens with zero attached hydrogens (tertiary/aromatic N) is 3. The fraction of sp³-hybridized carbons (Fsp3) is 0.250. The van der Waals surface area contributed by atoms with Crippen LogP contribution in [-0.4, -0.2) is 60.5 Å². The minimum Gasteiger partial charge on any atom is -0.489 e. The smallest absolute Gasteiger partial charge is 0.416 e. The number of fused-ring (bicyclic) bond motifs is 1. The standard InChI is InChI=1S/C32H31F3N4O5S/c1-22-18-24(28-4-2-3-5-29(28)37-22)21-44-26-10-12-27(13-11-26)45(42,43)36-19-30(31(40)41)39-16-14-38(15-17-39)20-23-6-8-25(9-7-23)32(33,34)35/h2-13,18-19,36H,14-17,20-21H2,1H3,(H,40,41)/b30-19-. The van der Waals surface area contributed by atoms with Gasteiger partial charge in [0.1, 0.15) is 18.1 Å². The highest BCUT2D eigenvalue weighted by molar-refractivity contribution is 7.89. The molecular formula is C32H31F3N4O5S. The maximum absolute atomic E-state index is 13.0. The Morgan fingerprint density at radius 3 is 2.31 bits per heavy atom. The van der Waals surface area contributed by atoms with Crippen LogP contribution in [0, 0.1) is 6.92 Å². The highest BCUT2D eigenvalue weighted by Gasteiger charge is 2.30. The van der Waals surface area contributed by atoms with Crippen molar-refractivity contribution in [1.29, 1.82) is 0 Å². The molecule has 236 valence electrons. The van der Waals surface area contributed by atoms with Crippen LogP contribution in [0.1, 0.15) is 22.4 Å². The van der Waals surface area contributed by atoms with Crippen molar-refractivity contribution in [3.05, 3.63) is 113 Å². The molecule has 0 aliphatic carbocycles. The highest BCUT2D eigenvalue weighted by Crippen LogP contribution is 2.29. The molecule has 9 nitrogen and oxygen atoms in total. The molecule has 0 saturated carbocycles. The molecule has 1 fully saturated rings. The van der Waals surface area contributed by atoms with E-state index in [2.05, 4.69) is 9.71 Å². The maximum atomic E-state index is 13.0. The zero-order valence-electron chi connectivity index (χ0n) is 24.3. The summed E-state index contributed by atoms with van der Waals surface area (Å²) >= 11 is 0. The predicted molar refractivity (Wildman–Crippen MR) is 162 cm³/mol. The van der Waals surface area contributed by atoms with Gasteiger partial charge >= 0.3 is 12.1 Å². The molecule has 3 aromatic carbocycles. The number of pyridine rings is 1. The highest BCUT2D eigenvalue weighted by atomic mass is 32.2. The van der Waals surface area contributed by atoms with Gasteiger partial charge in [-0.25, -0.2) is 13.2 Å². The van der Waals surface area contributed by atoms with E-state index in [1.165, 1.54) is 36.4 Å². The predicted octanol–water partition coefficient (Wildman–Crippen LogP) is 5.16. The van der Waals surface area contributed by atoms with Crippen LogP contribution in [0.15, 0.2) is 95.7 Å². The number of rotatable bonds is 10. The zero-order chi connectivity index (χ0) is 32.2. The van der Waals surface area contributed by atoms with E-state index in [1.54, 1.807) is 4.90 Å². The summed E-state index contributed by atoms with van der Waals surface area (Å²) in [6.07, 6.45) is -3.44. The summed E-state index contributed by atoms with van der Waals surface area (Å²) in [4.78, 5) is 20.0. The molecule has 45 heavy (non-hydrogen) atoms. The van der Waals surface area contributed by atoms with Gasteiger partial charge in [0.25, 0.3) is 10.0 Å². The number of carboxylic acid groups (broad SMARTS) is 1. The van der Waals surface area contributed by atoms with Crippen molar-refractivity contribution in [3.63, 3.8) is 0 Å². The first-order valence-corrected chi connectivity index (χ1v) is 15.5. The summed E-state index contributed by atoms with van der Waals surface area (Å²) in [5.74, 6) is -0.833. The first-order chi connectivity index (χ1) is 21.4. The van der Waals surface area contributed by atoms with Crippen molar-refractivity contribution >= 4 is 26.9 Å². The van der Waals surface area contributed by atoms with E-state index in [0.717, 1.165) is 40.5 Å². The van der Waals surface area contributed by atoms with Crippen molar-refractivity contribution in [2.45, 2.75) is 31.1 Å². The number of ether oxygens (including phenoxy) is 1. The van der Waals surface area contributed by atoms with Gasteiger partial charge in [0.15, 0.2) is 0 Å². The van der Waals surface area contributed by atoms with Crippen LogP contribution in [0.25, 0.3) is 10.9 Å². The van der Waals surface area contributed by atoms with Gasteiger partial charge < -0.3 is 14.7 Å². The van der Waals surface area contributed by atoms with Crippen molar-refractivity contribution in [1.82, 2.24) is 19.5 Å². The molecule has 0 atom stereocenters. The molecule has 0 bridgehead atoms. The number of para-hydroxylation sites is 1. The summed E-state index contributed by atoms with van der Waals surface area (Å²) < 4.78 is 72.6. The number of carboxylic acids is 1. The first-order valence-electron chi connectivity index (χ1n) is 14.1. The minimum atomic E-state index is -4.40. The number of carbonyl (C=O) groups is 1. The van der Waals surface area contributed by atoms with Gasteiger partial charge in [0.05, 0.1) is 16.0 Å². The molecule has 0 amide bonds. The fourth-order valence-corrected chi connectivity index (χ4v) is 5.98. The first kappa shape index (κ1) is 31.8. The summed E-state index contributed by atoms with van der Waals surface area (Å²) in [6, 6.07) is 20.4. The summed E-state index contributed by atoms with van der Waals surface area (Å²) in [5.41, 5.74) is 2.43. The molecular weight excluding hydrogens is 609 g/mol. The van der Waals surface area contributed by atoms with Gasteiger partial charge in [0.2, 0.25) is 0 Å². The number of aryl methyl sites for hydroxylation is 1. The molecule has 1 saturated heterocycles. The monoisotopic (exact) mass is 640 g/mol. The van der Waals surface area contributed by atoms with Crippen LogP contribution in [-0.2, 0) is 34.1 Å². The third-order valence-electron chi connectivity index (χ3n) is 7.43. The van der Waals surface area contributed by atoms with Gasteiger partial charge in [-0.05, 0) is 61.0 Å². The molecule has 1 aliphatic rings. The number of benzene rings is 3. The van der Waals surface area contributed by atoms with E-state index in [1.807, 2.05) is 42.2 Å². The largest absolute Gasteiger partial charge is 0.489 e. The summed E-state index contributed by atoms with van der Waals surface area (Å²) in [6.45, 7) is 4.03. The average molecular weight is 641 g/mol. The number of sulfonamides is 1. The normalized spacial score (nSPS) is 14.8. The molecule has 13 heteroatoms. The third-order valence-corrected chi connectivity index (χ3v) is 8.75. The number of halogens is 3. The van der Waals surface area contributed by atoms with Crippen LogP contribution in [0.4, 0.5) is 13.2 Å². The molecule has 2 heterocycles. The molecule has 1 aliphatic heterocycles. The molecule has 4 aromatic rings. The maximum Gasteiger partial charge on any atom is 0.416 e. The van der Waals surface area contributed by atoms with Crippen LogP contribution >= 0.6 is 0 Å². The fourth-order valence-electron chi connectivity index (χ4n) is 5.08. The number of piperazine rings is 1. The number of aromatic nitrogens is 1. The van der Waals surface area contributed by atoms with Gasteiger partial charge in [-0.15, -0.1) is 0 Å². The lowest BCUT2D eigenvalue weighted by molar-refractivity contribution is -0.137. The molecule has 0 unspecified atom stereocenters. The quantitative estimate of drug-likeness (QED) is 0.229.